The number of hydrogen-bond acceptors (Lipinski definition) is 3. The van der Waals surface area contributed by atoms with Crippen LogP contribution in [0.1, 0.15) is 24.6 Å². The number of rotatable bonds is 7. The van der Waals surface area contributed by atoms with Crippen LogP contribution in [0, 0.1) is 19.7 Å². The quantitative estimate of drug-likeness (QED) is 0.794. The first-order valence-electron chi connectivity index (χ1n) is 7.25. The van der Waals surface area contributed by atoms with Crippen molar-refractivity contribution in [1.82, 2.24) is 9.55 Å². The van der Waals surface area contributed by atoms with Crippen LogP contribution in [0.5, 0.6) is 0 Å². The maximum atomic E-state index is 13.6. The summed E-state index contributed by atoms with van der Waals surface area (Å²) in [5.41, 5.74) is 2.56. The highest BCUT2D eigenvalue weighted by atomic mass is 19.1. The number of aromatic nitrogens is 2. The summed E-state index contributed by atoms with van der Waals surface area (Å²) in [7, 11) is 0. The SMILES string of the molecule is CCOCCCNc1nc(C)cn1-c1cc(C)cc(F)c1. The van der Waals surface area contributed by atoms with Crippen LogP contribution in [0.3, 0.4) is 0 Å². The molecule has 1 heterocycles. The van der Waals surface area contributed by atoms with E-state index in [-0.39, 0.29) is 5.82 Å². The van der Waals surface area contributed by atoms with Gasteiger partial charge in [0.25, 0.3) is 0 Å². The van der Waals surface area contributed by atoms with Crippen LogP contribution in [0.2, 0.25) is 0 Å². The molecule has 1 N–H and O–H groups in total. The van der Waals surface area contributed by atoms with Gasteiger partial charge in [-0.15, -0.1) is 0 Å². The average molecular weight is 291 g/mol. The molecule has 4 nitrogen and oxygen atoms in total. The number of hydrogen-bond donors (Lipinski definition) is 1. The molecular formula is C16H22FN3O. The highest BCUT2D eigenvalue weighted by Crippen LogP contribution is 2.19. The van der Waals surface area contributed by atoms with Crippen LogP contribution in [0.25, 0.3) is 5.69 Å². The number of ether oxygens (including phenoxy) is 1. The fraction of sp³-hybridized carbons (Fsp3) is 0.438. The Bertz CT molecular complexity index is 575. The summed E-state index contributed by atoms with van der Waals surface area (Å²) in [5, 5.41) is 3.28. The van der Waals surface area contributed by atoms with Gasteiger partial charge < -0.3 is 10.1 Å². The summed E-state index contributed by atoms with van der Waals surface area (Å²) in [6.45, 7) is 8.01. The number of anilines is 1. The van der Waals surface area contributed by atoms with Gasteiger partial charge in [-0.25, -0.2) is 9.37 Å². The van der Waals surface area contributed by atoms with Gasteiger partial charge in [0.05, 0.1) is 11.4 Å². The molecule has 0 saturated heterocycles. The third-order valence-corrected chi connectivity index (χ3v) is 3.08. The highest BCUT2D eigenvalue weighted by molar-refractivity contribution is 5.45. The van der Waals surface area contributed by atoms with Crippen LogP contribution >= 0.6 is 0 Å². The van der Waals surface area contributed by atoms with Crippen molar-refractivity contribution in [1.29, 1.82) is 0 Å². The molecule has 5 heteroatoms. The minimum Gasteiger partial charge on any atom is -0.382 e. The lowest BCUT2D eigenvalue weighted by Gasteiger charge is -2.10. The number of imidazole rings is 1. The zero-order chi connectivity index (χ0) is 15.2. The standard InChI is InChI=1S/C16H22FN3O/c1-4-21-7-5-6-18-16-19-13(3)11-20(16)15-9-12(2)8-14(17)10-15/h8-11H,4-7H2,1-3H3,(H,18,19). The lowest BCUT2D eigenvalue weighted by molar-refractivity contribution is 0.147. The average Bonchev–Trinajstić information content (AvgIpc) is 2.78. The predicted octanol–water partition coefficient (Wildman–Crippen LogP) is 3.47. The molecule has 2 aromatic rings. The molecule has 1 aromatic carbocycles. The van der Waals surface area contributed by atoms with Crippen molar-refractivity contribution in [3.05, 3.63) is 41.5 Å². The van der Waals surface area contributed by atoms with Crippen LogP contribution in [-0.2, 0) is 4.74 Å². The minimum atomic E-state index is -0.237. The van der Waals surface area contributed by atoms with Gasteiger partial charge in [-0.05, 0) is 51.0 Å². The monoisotopic (exact) mass is 291 g/mol. The van der Waals surface area contributed by atoms with Crippen molar-refractivity contribution in [3.63, 3.8) is 0 Å². The Hall–Kier alpha value is -1.88. The third kappa shape index (κ3) is 4.29. The molecule has 2 rings (SSSR count). The van der Waals surface area contributed by atoms with Gasteiger partial charge in [0, 0.05) is 26.0 Å². The molecule has 0 aliphatic carbocycles. The first-order chi connectivity index (χ1) is 10.1. The van der Waals surface area contributed by atoms with Gasteiger partial charge in [0.15, 0.2) is 0 Å². The maximum Gasteiger partial charge on any atom is 0.207 e. The predicted molar refractivity (Wildman–Crippen MR) is 82.6 cm³/mol. The Labute approximate surface area is 125 Å². The Morgan fingerprint density at radius 2 is 2.10 bits per heavy atom. The number of aryl methyl sites for hydroxylation is 2. The molecule has 0 spiro atoms. The van der Waals surface area contributed by atoms with Gasteiger partial charge in [-0.2, -0.15) is 0 Å². The van der Waals surface area contributed by atoms with Gasteiger partial charge in [0.1, 0.15) is 5.82 Å². The second-order valence-corrected chi connectivity index (χ2v) is 5.04. The zero-order valence-corrected chi connectivity index (χ0v) is 12.8. The van der Waals surface area contributed by atoms with E-state index >= 15 is 0 Å². The topological polar surface area (TPSA) is 39.1 Å². The van der Waals surface area contributed by atoms with E-state index in [9.17, 15) is 4.39 Å². The van der Waals surface area contributed by atoms with Gasteiger partial charge >= 0.3 is 0 Å². The second kappa shape index (κ2) is 7.22. The maximum absolute atomic E-state index is 13.6. The Kier molecular flexibility index (Phi) is 5.33. The number of halogens is 1. The first kappa shape index (κ1) is 15.5. The first-order valence-corrected chi connectivity index (χ1v) is 7.25. The molecule has 21 heavy (non-hydrogen) atoms. The molecule has 0 fully saturated rings. The molecule has 0 atom stereocenters. The van der Waals surface area contributed by atoms with E-state index in [0.717, 1.165) is 49.1 Å². The molecule has 0 aliphatic heterocycles. The van der Waals surface area contributed by atoms with Crippen molar-refractivity contribution < 1.29 is 9.13 Å². The smallest absolute Gasteiger partial charge is 0.207 e. The van der Waals surface area contributed by atoms with Crippen LogP contribution in [0.15, 0.2) is 24.4 Å². The van der Waals surface area contributed by atoms with E-state index in [0.29, 0.717) is 0 Å². The summed E-state index contributed by atoms with van der Waals surface area (Å²) in [4.78, 5) is 4.45. The summed E-state index contributed by atoms with van der Waals surface area (Å²) in [5.74, 6) is 0.493. The molecule has 0 amide bonds. The lowest BCUT2D eigenvalue weighted by atomic mass is 10.2. The zero-order valence-electron chi connectivity index (χ0n) is 12.8. The second-order valence-electron chi connectivity index (χ2n) is 5.04. The van der Waals surface area contributed by atoms with Crippen molar-refractivity contribution in [2.24, 2.45) is 0 Å². The van der Waals surface area contributed by atoms with E-state index in [2.05, 4.69) is 10.3 Å². The largest absolute Gasteiger partial charge is 0.382 e. The van der Waals surface area contributed by atoms with Crippen LogP contribution < -0.4 is 5.32 Å². The lowest BCUT2D eigenvalue weighted by Crippen LogP contribution is -2.10. The summed E-state index contributed by atoms with van der Waals surface area (Å²) < 4.78 is 20.8. The van der Waals surface area contributed by atoms with Crippen molar-refractivity contribution in [2.75, 3.05) is 25.1 Å². The summed E-state index contributed by atoms with van der Waals surface area (Å²) in [6, 6.07) is 4.97. The molecule has 0 saturated carbocycles. The van der Waals surface area contributed by atoms with Crippen LogP contribution in [-0.4, -0.2) is 29.3 Å². The van der Waals surface area contributed by atoms with Crippen LogP contribution in [0.4, 0.5) is 10.3 Å². The summed E-state index contributed by atoms with van der Waals surface area (Å²) >= 11 is 0. The molecule has 1 aromatic heterocycles. The third-order valence-electron chi connectivity index (χ3n) is 3.08. The molecule has 0 radical (unpaired) electrons. The van der Waals surface area contributed by atoms with Crippen molar-refractivity contribution >= 4 is 5.95 Å². The van der Waals surface area contributed by atoms with Crippen molar-refractivity contribution in [2.45, 2.75) is 27.2 Å². The number of nitrogens with zero attached hydrogens (tertiary/aromatic N) is 2. The molecular weight excluding hydrogens is 269 g/mol. The minimum absolute atomic E-state index is 0.237. The van der Waals surface area contributed by atoms with E-state index < -0.39 is 0 Å². The van der Waals surface area contributed by atoms with Crippen molar-refractivity contribution in [3.8, 4) is 5.69 Å². The fourth-order valence-electron chi connectivity index (χ4n) is 2.19. The van der Waals surface area contributed by atoms with E-state index in [1.165, 1.54) is 12.1 Å². The molecule has 0 aliphatic rings. The highest BCUT2D eigenvalue weighted by Gasteiger charge is 2.08. The Balaban J connectivity index is 2.12. The normalized spacial score (nSPS) is 10.9. The number of benzene rings is 1. The Morgan fingerprint density at radius 3 is 2.81 bits per heavy atom. The van der Waals surface area contributed by atoms with E-state index in [1.54, 1.807) is 0 Å². The summed E-state index contributed by atoms with van der Waals surface area (Å²) in [6.07, 6.45) is 2.81. The molecule has 114 valence electrons. The van der Waals surface area contributed by atoms with Gasteiger partial charge in [-0.3, -0.25) is 4.57 Å². The van der Waals surface area contributed by atoms with E-state index in [1.807, 2.05) is 37.6 Å². The van der Waals surface area contributed by atoms with Gasteiger partial charge in [-0.1, -0.05) is 0 Å². The number of nitrogens with one attached hydrogen (secondary N) is 1. The molecule has 0 unspecified atom stereocenters. The molecule has 0 bridgehead atoms. The Morgan fingerprint density at radius 1 is 1.29 bits per heavy atom. The van der Waals surface area contributed by atoms with Gasteiger partial charge in [0.2, 0.25) is 5.95 Å². The fourth-order valence-corrected chi connectivity index (χ4v) is 2.19. The van der Waals surface area contributed by atoms with E-state index in [4.69, 9.17) is 4.74 Å².